The van der Waals surface area contributed by atoms with Crippen LogP contribution in [0, 0.1) is 0 Å². The zero-order valence-corrected chi connectivity index (χ0v) is 16.2. The van der Waals surface area contributed by atoms with E-state index in [-0.39, 0.29) is 29.7 Å². The first-order chi connectivity index (χ1) is 14.2. The molecule has 3 aromatic heterocycles. The maximum Gasteiger partial charge on any atom is 0.357 e. The molecule has 3 aromatic rings. The fourth-order valence-electron chi connectivity index (χ4n) is 2.51. The van der Waals surface area contributed by atoms with Gasteiger partial charge in [-0.2, -0.15) is 13.9 Å². The normalized spacial score (nSPS) is 11.8. The molecule has 0 saturated heterocycles. The Kier molecular flexibility index (Phi) is 6.40. The first-order valence-electron chi connectivity index (χ1n) is 8.63. The van der Waals surface area contributed by atoms with Gasteiger partial charge in [0, 0.05) is 18.6 Å². The number of aromatic nitrogens is 4. The van der Waals surface area contributed by atoms with Crippen molar-refractivity contribution in [2.75, 3.05) is 13.2 Å². The predicted molar refractivity (Wildman–Crippen MR) is 98.3 cm³/mol. The Morgan fingerprint density at radius 2 is 2.10 bits per heavy atom. The minimum absolute atomic E-state index is 0.122. The van der Waals surface area contributed by atoms with Crippen molar-refractivity contribution in [3.05, 3.63) is 47.0 Å². The first-order valence-corrected chi connectivity index (χ1v) is 9.01. The molecule has 0 aliphatic heterocycles. The lowest BCUT2D eigenvalue weighted by atomic mass is 10.2. The summed E-state index contributed by atoms with van der Waals surface area (Å²) in [6.45, 7) is 0.509. The second-order valence-electron chi connectivity index (χ2n) is 6.12. The van der Waals surface area contributed by atoms with Crippen molar-refractivity contribution in [1.29, 1.82) is 0 Å². The fourth-order valence-corrected chi connectivity index (χ4v) is 2.75. The molecule has 3 rings (SSSR count). The molecule has 0 atom stereocenters. The van der Waals surface area contributed by atoms with Crippen LogP contribution in [0.1, 0.15) is 23.0 Å². The molecule has 0 bridgehead atoms. The molecule has 0 saturated carbocycles. The van der Waals surface area contributed by atoms with Gasteiger partial charge in [0.2, 0.25) is 5.88 Å². The van der Waals surface area contributed by atoms with Crippen molar-refractivity contribution >= 4 is 28.5 Å². The van der Waals surface area contributed by atoms with Gasteiger partial charge in [-0.25, -0.2) is 23.5 Å². The third-order valence-corrected chi connectivity index (χ3v) is 4.15. The Morgan fingerprint density at radius 1 is 1.33 bits per heavy atom. The van der Waals surface area contributed by atoms with Gasteiger partial charge < -0.3 is 9.47 Å². The number of nitrogens with zero attached hydrogens (tertiary/aromatic N) is 4. The van der Waals surface area contributed by atoms with Crippen LogP contribution in [0.2, 0.25) is 5.02 Å². The topological polar surface area (TPSA) is 79.1 Å². The van der Waals surface area contributed by atoms with E-state index < -0.39 is 24.9 Å². The van der Waals surface area contributed by atoms with E-state index in [0.29, 0.717) is 16.5 Å². The summed E-state index contributed by atoms with van der Waals surface area (Å²) in [6, 6.07) is 3.02. The molecule has 0 radical (unpaired) electrons. The Morgan fingerprint density at radius 3 is 2.77 bits per heavy atom. The minimum Gasteiger partial charge on any atom is -0.470 e. The number of fused-ring (bicyclic) bond motifs is 1. The molecular formula is C18H15ClF4N4O3. The van der Waals surface area contributed by atoms with Crippen LogP contribution in [-0.2, 0) is 11.3 Å². The van der Waals surface area contributed by atoms with Gasteiger partial charge in [-0.05, 0) is 24.6 Å². The quantitative estimate of drug-likeness (QED) is 0.384. The molecule has 0 N–H and O–H groups in total. The van der Waals surface area contributed by atoms with Crippen molar-refractivity contribution < 1.29 is 31.8 Å². The average Bonchev–Trinajstić information content (AvgIpc) is 3.09. The van der Waals surface area contributed by atoms with Crippen LogP contribution in [-0.4, -0.2) is 51.3 Å². The Bertz CT molecular complexity index is 1060. The number of ether oxygens (including phenoxy) is 2. The van der Waals surface area contributed by atoms with Crippen LogP contribution < -0.4 is 4.74 Å². The van der Waals surface area contributed by atoms with Crippen LogP contribution in [0.5, 0.6) is 5.88 Å². The molecule has 0 amide bonds. The molecule has 0 unspecified atom stereocenters. The fraction of sp³-hybridized carbons (Fsp3) is 0.333. The average molecular weight is 447 g/mol. The van der Waals surface area contributed by atoms with E-state index in [9.17, 15) is 22.4 Å². The Labute approximate surface area is 172 Å². The van der Waals surface area contributed by atoms with Crippen LogP contribution in [0.25, 0.3) is 10.9 Å². The van der Waals surface area contributed by atoms with Crippen molar-refractivity contribution in [2.24, 2.45) is 0 Å². The van der Waals surface area contributed by atoms with E-state index in [1.807, 2.05) is 0 Å². The van der Waals surface area contributed by atoms with Gasteiger partial charge in [0.15, 0.2) is 12.3 Å². The highest BCUT2D eigenvalue weighted by molar-refractivity contribution is 6.31. The number of hydrogen-bond acceptors (Lipinski definition) is 6. The maximum atomic E-state index is 13.0. The summed E-state index contributed by atoms with van der Waals surface area (Å²) in [5.41, 5.74) is 1.17. The molecule has 0 aliphatic rings. The van der Waals surface area contributed by atoms with Gasteiger partial charge in [-0.3, -0.25) is 4.68 Å². The van der Waals surface area contributed by atoms with Gasteiger partial charge >= 0.3 is 18.3 Å². The van der Waals surface area contributed by atoms with Crippen LogP contribution in [0.15, 0.2) is 30.7 Å². The summed E-state index contributed by atoms with van der Waals surface area (Å²) in [5.74, 6) is -5.28. The SMILES string of the molecule is CCOC(=O)c1nccc2nn(Cc3cnc(OCC(F)(F)C(F)F)c(Cl)c3)cc12. The highest BCUT2D eigenvalue weighted by Crippen LogP contribution is 2.28. The lowest BCUT2D eigenvalue weighted by Gasteiger charge is -2.16. The number of carbonyl (C=O) groups is 1. The summed E-state index contributed by atoms with van der Waals surface area (Å²) in [5, 5.41) is 4.70. The highest BCUT2D eigenvalue weighted by Gasteiger charge is 2.42. The third kappa shape index (κ3) is 4.78. The molecule has 30 heavy (non-hydrogen) atoms. The smallest absolute Gasteiger partial charge is 0.357 e. The van der Waals surface area contributed by atoms with E-state index in [4.69, 9.17) is 16.3 Å². The first kappa shape index (κ1) is 21.8. The third-order valence-electron chi connectivity index (χ3n) is 3.88. The summed E-state index contributed by atoms with van der Waals surface area (Å²) < 4.78 is 61.5. The van der Waals surface area contributed by atoms with Crippen molar-refractivity contribution in [3.8, 4) is 5.88 Å². The number of carbonyl (C=O) groups excluding carboxylic acids is 1. The van der Waals surface area contributed by atoms with E-state index in [0.717, 1.165) is 0 Å². The largest absolute Gasteiger partial charge is 0.470 e. The van der Waals surface area contributed by atoms with Crippen LogP contribution in [0.3, 0.4) is 0 Å². The number of hydrogen-bond donors (Lipinski definition) is 0. The number of rotatable bonds is 8. The monoisotopic (exact) mass is 446 g/mol. The standard InChI is InChI=1S/C18H15ClF4N4O3/c1-2-29-16(28)14-11-8-27(26-13(11)3-4-24-14)7-10-5-12(19)15(25-6-10)30-9-18(22,23)17(20)21/h3-6,8,17H,2,7,9H2,1H3. The van der Waals surface area contributed by atoms with Crippen LogP contribution >= 0.6 is 11.6 Å². The van der Waals surface area contributed by atoms with E-state index in [1.54, 1.807) is 19.2 Å². The van der Waals surface area contributed by atoms with Crippen LogP contribution in [0.4, 0.5) is 17.6 Å². The van der Waals surface area contributed by atoms with Gasteiger partial charge in [0.1, 0.15) is 5.02 Å². The molecule has 0 aliphatic carbocycles. The molecule has 160 valence electrons. The molecule has 12 heteroatoms. The minimum atomic E-state index is -4.32. The summed E-state index contributed by atoms with van der Waals surface area (Å²) in [7, 11) is 0. The van der Waals surface area contributed by atoms with Crippen molar-refractivity contribution in [2.45, 2.75) is 25.8 Å². The summed E-state index contributed by atoms with van der Waals surface area (Å²) >= 11 is 5.96. The summed E-state index contributed by atoms with van der Waals surface area (Å²) in [4.78, 5) is 19.9. The van der Waals surface area contributed by atoms with E-state index in [1.165, 1.54) is 23.1 Å². The molecular weight excluding hydrogens is 432 g/mol. The second-order valence-corrected chi connectivity index (χ2v) is 6.53. The van der Waals surface area contributed by atoms with Gasteiger partial charge in [0.25, 0.3) is 0 Å². The summed E-state index contributed by atoms with van der Waals surface area (Å²) in [6.07, 6.45) is 0.457. The Balaban J connectivity index is 1.77. The van der Waals surface area contributed by atoms with Crippen molar-refractivity contribution in [1.82, 2.24) is 19.7 Å². The molecule has 3 heterocycles. The number of pyridine rings is 2. The number of alkyl halides is 4. The maximum absolute atomic E-state index is 13.0. The second kappa shape index (κ2) is 8.82. The number of esters is 1. The molecule has 0 fully saturated rings. The zero-order valence-electron chi connectivity index (χ0n) is 15.5. The lowest BCUT2D eigenvalue weighted by molar-refractivity contribution is -0.148. The highest BCUT2D eigenvalue weighted by atomic mass is 35.5. The van der Waals surface area contributed by atoms with Gasteiger partial charge in [-0.1, -0.05) is 11.6 Å². The predicted octanol–water partition coefficient (Wildman–Crippen LogP) is 3.98. The molecule has 0 aromatic carbocycles. The van der Waals surface area contributed by atoms with E-state index >= 15 is 0 Å². The molecule has 0 spiro atoms. The van der Waals surface area contributed by atoms with Gasteiger partial charge in [0.05, 0.1) is 24.1 Å². The van der Waals surface area contributed by atoms with E-state index in [2.05, 4.69) is 19.8 Å². The Hall–Kier alpha value is -2.95. The van der Waals surface area contributed by atoms with Gasteiger partial charge in [-0.15, -0.1) is 0 Å². The van der Waals surface area contributed by atoms with Crippen molar-refractivity contribution in [3.63, 3.8) is 0 Å². The molecule has 7 nitrogen and oxygen atoms in total. The zero-order chi connectivity index (χ0) is 21.9. The number of halogens is 5. The lowest BCUT2D eigenvalue weighted by Crippen LogP contribution is -2.34.